The molecule has 4 nitrogen and oxygen atoms in total. The van der Waals surface area contributed by atoms with Gasteiger partial charge >= 0.3 is 5.97 Å². The molecular weight excluding hydrogens is 314 g/mol. The van der Waals surface area contributed by atoms with Crippen molar-refractivity contribution < 1.29 is 14.7 Å². The molecule has 0 aromatic heterocycles. The molecule has 1 saturated heterocycles. The van der Waals surface area contributed by atoms with Crippen LogP contribution >= 0.6 is 11.6 Å². The van der Waals surface area contributed by atoms with Crippen LogP contribution < -0.4 is 0 Å². The molecule has 0 radical (unpaired) electrons. The van der Waals surface area contributed by atoms with E-state index >= 15 is 0 Å². The molecule has 0 bridgehead atoms. The predicted octanol–water partition coefficient (Wildman–Crippen LogP) is 3.32. The summed E-state index contributed by atoms with van der Waals surface area (Å²) in [4.78, 5) is 26.0. The second kappa shape index (κ2) is 6.75. The molecule has 1 N–H and O–H groups in total. The van der Waals surface area contributed by atoms with Gasteiger partial charge in [0.1, 0.15) is 0 Å². The highest BCUT2D eigenvalue weighted by atomic mass is 35.5. The molecule has 5 heteroatoms. The van der Waals surface area contributed by atoms with Crippen LogP contribution in [-0.4, -0.2) is 35.0 Å². The highest BCUT2D eigenvalue weighted by Gasteiger charge is 2.41. The van der Waals surface area contributed by atoms with E-state index in [1.807, 2.05) is 18.2 Å². The first-order valence-electron chi connectivity index (χ1n) is 7.98. The smallest absolute Gasteiger partial charge is 0.308 e. The Morgan fingerprint density at radius 1 is 1.13 bits per heavy atom. The van der Waals surface area contributed by atoms with Crippen molar-refractivity contribution in [2.75, 3.05) is 13.1 Å². The lowest BCUT2D eigenvalue weighted by Gasteiger charge is -2.24. The van der Waals surface area contributed by atoms with Crippen LogP contribution in [0.25, 0.3) is 0 Å². The zero-order valence-corrected chi connectivity index (χ0v) is 13.6. The summed E-state index contributed by atoms with van der Waals surface area (Å²) in [6.07, 6.45) is 6.69. The monoisotopic (exact) mass is 333 g/mol. The van der Waals surface area contributed by atoms with E-state index in [2.05, 4.69) is 6.08 Å². The van der Waals surface area contributed by atoms with Crippen molar-refractivity contribution in [2.45, 2.75) is 25.2 Å². The first-order chi connectivity index (χ1) is 11.1. The number of nitrogens with zero attached hydrogens (tertiary/aromatic N) is 1. The molecule has 2 aliphatic rings. The summed E-state index contributed by atoms with van der Waals surface area (Å²) in [5.74, 6) is -1.48. The first-order valence-corrected chi connectivity index (χ1v) is 8.36. The molecule has 1 aliphatic heterocycles. The van der Waals surface area contributed by atoms with Gasteiger partial charge in [-0.15, -0.1) is 0 Å². The largest absolute Gasteiger partial charge is 0.481 e. The van der Waals surface area contributed by atoms with E-state index in [4.69, 9.17) is 11.6 Å². The number of carboxylic acids is 1. The van der Waals surface area contributed by atoms with Gasteiger partial charge in [0, 0.05) is 29.9 Å². The quantitative estimate of drug-likeness (QED) is 0.863. The highest BCUT2D eigenvalue weighted by Crippen LogP contribution is 2.35. The second-order valence-corrected chi connectivity index (χ2v) is 6.76. The zero-order chi connectivity index (χ0) is 16.4. The molecule has 1 aromatic carbocycles. The predicted molar refractivity (Wildman–Crippen MR) is 88.4 cm³/mol. The van der Waals surface area contributed by atoms with Crippen LogP contribution in [0.2, 0.25) is 5.02 Å². The van der Waals surface area contributed by atoms with Crippen LogP contribution in [-0.2, 0) is 9.59 Å². The Morgan fingerprint density at radius 2 is 1.87 bits per heavy atom. The third-order valence-electron chi connectivity index (χ3n) is 4.87. The highest BCUT2D eigenvalue weighted by molar-refractivity contribution is 6.30. The van der Waals surface area contributed by atoms with E-state index in [1.165, 1.54) is 0 Å². The summed E-state index contributed by atoms with van der Waals surface area (Å²) < 4.78 is 0. The van der Waals surface area contributed by atoms with Crippen LogP contribution in [0, 0.1) is 11.8 Å². The molecular formula is C18H20ClNO3. The van der Waals surface area contributed by atoms with Gasteiger partial charge in [-0.25, -0.2) is 0 Å². The number of hydrogen-bond donors (Lipinski definition) is 1. The topological polar surface area (TPSA) is 57.6 Å². The van der Waals surface area contributed by atoms with Gasteiger partial charge < -0.3 is 10.0 Å². The molecule has 1 unspecified atom stereocenters. The number of allylic oxidation sites excluding steroid dienone is 2. The molecule has 1 aromatic rings. The van der Waals surface area contributed by atoms with Gasteiger partial charge in [-0.1, -0.05) is 35.9 Å². The fraction of sp³-hybridized carbons (Fsp3) is 0.444. The number of carbonyl (C=O) groups is 2. The first kappa shape index (κ1) is 16.1. The number of aliphatic carboxylic acids is 1. The molecule has 1 heterocycles. The van der Waals surface area contributed by atoms with Gasteiger partial charge in [0.15, 0.2) is 0 Å². The van der Waals surface area contributed by atoms with Crippen molar-refractivity contribution in [3.8, 4) is 0 Å². The number of benzene rings is 1. The minimum absolute atomic E-state index is 0.00147. The summed E-state index contributed by atoms with van der Waals surface area (Å²) in [5, 5.41) is 10.2. The number of carbonyl (C=O) groups excluding carboxylic acids is 1. The second-order valence-electron chi connectivity index (χ2n) is 6.33. The minimum atomic E-state index is -0.844. The Morgan fingerprint density at radius 3 is 2.48 bits per heavy atom. The number of carboxylic acid groups (broad SMARTS) is 1. The number of rotatable bonds is 3. The van der Waals surface area contributed by atoms with Crippen LogP contribution in [0.4, 0.5) is 0 Å². The zero-order valence-electron chi connectivity index (χ0n) is 12.8. The maximum absolute atomic E-state index is 12.7. The molecule has 1 fully saturated rings. The summed E-state index contributed by atoms with van der Waals surface area (Å²) in [5.41, 5.74) is 0.931. The van der Waals surface area contributed by atoms with Gasteiger partial charge in [0.05, 0.1) is 5.92 Å². The maximum Gasteiger partial charge on any atom is 0.308 e. The Balaban J connectivity index is 1.78. The van der Waals surface area contributed by atoms with Crippen molar-refractivity contribution in [3.63, 3.8) is 0 Å². The summed E-state index contributed by atoms with van der Waals surface area (Å²) >= 11 is 5.91. The average Bonchev–Trinajstić information content (AvgIpc) is 3.01. The van der Waals surface area contributed by atoms with Crippen molar-refractivity contribution in [1.82, 2.24) is 4.90 Å². The van der Waals surface area contributed by atoms with E-state index in [0.717, 1.165) is 24.8 Å². The molecule has 1 amide bonds. The fourth-order valence-corrected chi connectivity index (χ4v) is 3.68. The molecule has 23 heavy (non-hydrogen) atoms. The Kier molecular flexibility index (Phi) is 4.71. The Bertz CT molecular complexity index is 626. The number of amides is 1. The maximum atomic E-state index is 12.7. The average molecular weight is 334 g/mol. The third-order valence-corrected chi connectivity index (χ3v) is 5.12. The summed E-state index contributed by atoms with van der Waals surface area (Å²) in [6, 6.07) is 7.26. The van der Waals surface area contributed by atoms with Crippen molar-refractivity contribution in [3.05, 3.63) is 47.0 Å². The number of halogens is 1. The standard InChI is InChI=1S/C18H20ClNO3/c19-14-8-6-12(7-9-14)15-10-20(11-16(15)18(22)23)17(21)13-4-2-1-3-5-13/h1-2,6-9,13,15-16H,3-5,10-11H2,(H,22,23)/t13?,15-,16+/m0/s1. The van der Waals surface area contributed by atoms with Gasteiger partial charge in [-0.3, -0.25) is 9.59 Å². The van der Waals surface area contributed by atoms with Crippen LogP contribution in [0.1, 0.15) is 30.7 Å². The molecule has 1 aliphatic carbocycles. The van der Waals surface area contributed by atoms with Crippen molar-refractivity contribution in [2.24, 2.45) is 11.8 Å². The fourth-order valence-electron chi connectivity index (χ4n) is 3.56. The van der Waals surface area contributed by atoms with E-state index in [9.17, 15) is 14.7 Å². The lowest BCUT2D eigenvalue weighted by Crippen LogP contribution is -2.35. The van der Waals surface area contributed by atoms with Gasteiger partial charge in [0.25, 0.3) is 0 Å². The van der Waals surface area contributed by atoms with Crippen LogP contribution in [0.3, 0.4) is 0 Å². The van der Waals surface area contributed by atoms with Gasteiger partial charge in [-0.05, 0) is 37.0 Å². The third kappa shape index (κ3) is 3.42. The van der Waals surface area contributed by atoms with Gasteiger partial charge in [-0.2, -0.15) is 0 Å². The van der Waals surface area contributed by atoms with Crippen LogP contribution in [0.5, 0.6) is 0 Å². The normalized spacial score (nSPS) is 27.2. The molecule has 3 atom stereocenters. The summed E-state index contributed by atoms with van der Waals surface area (Å²) in [6.45, 7) is 0.763. The lowest BCUT2D eigenvalue weighted by molar-refractivity contribution is -0.142. The van der Waals surface area contributed by atoms with Crippen molar-refractivity contribution >= 4 is 23.5 Å². The van der Waals surface area contributed by atoms with E-state index in [0.29, 0.717) is 18.1 Å². The Labute approximate surface area is 140 Å². The molecule has 3 rings (SSSR count). The van der Waals surface area contributed by atoms with Gasteiger partial charge in [0.2, 0.25) is 5.91 Å². The SMILES string of the molecule is O=C(O)[C@@H]1CN(C(=O)C2CC=CCC2)C[C@H]1c1ccc(Cl)cc1. The molecule has 0 spiro atoms. The Hall–Kier alpha value is -1.81. The summed E-state index contributed by atoms with van der Waals surface area (Å²) in [7, 11) is 0. The van der Waals surface area contributed by atoms with E-state index in [1.54, 1.807) is 17.0 Å². The van der Waals surface area contributed by atoms with Crippen molar-refractivity contribution in [1.29, 1.82) is 0 Å². The van der Waals surface area contributed by atoms with E-state index in [-0.39, 0.29) is 17.7 Å². The number of likely N-dealkylation sites (tertiary alicyclic amines) is 1. The van der Waals surface area contributed by atoms with Crippen LogP contribution in [0.15, 0.2) is 36.4 Å². The lowest BCUT2D eigenvalue weighted by atomic mass is 9.89. The number of hydrogen-bond acceptors (Lipinski definition) is 2. The molecule has 122 valence electrons. The minimum Gasteiger partial charge on any atom is -0.481 e. The van der Waals surface area contributed by atoms with E-state index < -0.39 is 11.9 Å². The molecule has 0 saturated carbocycles.